The molecule has 23 heavy (non-hydrogen) atoms. The number of nitrogens with zero attached hydrogens (tertiary/aromatic N) is 2. The van der Waals surface area contributed by atoms with E-state index in [1.54, 1.807) is 37.2 Å². The normalized spacial score (nSPS) is 10.8. The molecule has 0 atom stereocenters. The highest BCUT2D eigenvalue weighted by molar-refractivity contribution is 5.85. The molecule has 2 heterocycles. The molecule has 0 radical (unpaired) electrons. The maximum absolute atomic E-state index is 10.1. The van der Waals surface area contributed by atoms with Gasteiger partial charge in [0.1, 0.15) is 5.75 Å². The van der Waals surface area contributed by atoms with Crippen molar-refractivity contribution in [2.24, 2.45) is 0 Å². The second-order valence-corrected chi connectivity index (χ2v) is 5.23. The number of imidazole rings is 1. The molecule has 4 nitrogen and oxygen atoms in total. The van der Waals surface area contributed by atoms with E-state index in [9.17, 15) is 5.11 Å². The fourth-order valence-electron chi connectivity index (χ4n) is 2.66. The monoisotopic (exact) mass is 302 g/mol. The van der Waals surface area contributed by atoms with Crippen LogP contribution in [0.15, 0.2) is 84.2 Å². The molecule has 0 unspecified atom stereocenters. The van der Waals surface area contributed by atoms with Gasteiger partial charge in [-0.2, -0.15) is 0 Å². The number of aromatic nitrogens is 2. The van der Waals surface area contributed by atoms with Crippen LogP contribution in [0.3, 0.4) is 0 Å². The summed E-state index contributed by atoms with van der Waals surface area (Å²) < 4.78 is 7.33. The third-order valence-electron chi connectivity index (χ3n) is 3.84. The van der Waals surface area contributed by atoms with Gasteiger partial charge in [-0.15, -0.1) is 0 Å². The average molecular weight is 302 g/mol. The van der Waals surface area contributed by atoms with E-state index in [0.717, 1.165) is 27.9 Å². The number of phenolic OH excluding ortho intramolecular Hbond substituents is 1. The Balaban J connectivity index is 1.75. The molecular formula is C19H14N2O2. The van der Waals surface area contributed by atoms with E-state index >= 15 is 0 Å². The van der Waals surface area contributed by atoms with E-state index in [0.29, 0.717) is 0 Å². The lowest BCUT2D eigenvalue weighted by atomic mass is 9.98. The molecule has 1 N–H and O–H groups in total. The van der Waals surface area contributed by atoms with Crippen LogP contribution in [0, 0.1) is 0 Å². The van der Waals surface area contributed by atoms with Crippen LogP contribution in [-0.4, -0.2) is 14.7 Å². The number of para-hydroxylation sites is 1. The molecular weight excluding hydrogens is 288 g/mol. The summed E-state index contributed by atoms with van der Waals surface area (Å²) in [5.41, 5.74) is 4.65. The van der Waals surface area contributed by atoms with Crippen molar-refractivity contribution in [2.45, 2.75) is 0 Å². The zero-order valence-electron chi connectivity index (χ0n) is 12.3. The van der Waals surface area contributed by atoms with Crippen LogP contribution in [0.2, 0.25) is 0 Å². The van der Waals surface area contributed by atoms with Crippen molar-refractivity contribution in [3.63, 3.8) is 0 Å². The number of furan rings is 1. The highest BCUT2D eigenvalue weighted by Gasteiger charge is 2.13. The molecule has 2 aromatic heterocycles. The third-order valence-corrected chi connectivity index (χ3v) is 3.84. The second-order valence-electron chi connectivity index (χ2n) is 5.23. The molecule has 0 fully saturated rings. The number of phenols is 1. The predicted octanol–water partition coefficient (Wildman–Crippen LogP) is 4.50. The Morgan fingerprint density at radius 1 is 0.870 bits per heavy atom. The zero-order chi connectivity index (χ0) is 15.6. The van der Waals surface area contributed by atoms with Crippen LogP contribution in [0.4, 0.5) is 0 Å². The molecule has 4 heteroatoms. The predicted molar refractivity (Wildman–Crippen MR) is 88.4 cm³/mol. The van der Waals surface area contributed by atoms with Gasteiger partial charge in [0.25, 0.3) is 0 Å². The van der Waals surface area contributed by atoms with Gasteiger partial charge in [0.2, 0.25) is 0 Å². The van der Waals surface area contributed by atoms with Crippen molar-refractivity contribution in [3.8, 4) is 33.7 Å². The Morgan fingerprint density at radius 3 is 2.39 bits per heavy atom. The Bertz CT molecular complexity index is 922. The summed E-state index contributed by atoms with van der Waals surface area (Å²) >= 11 is 0. The second kappa shape index (κ2) is 5.50. The Morgan fingerprint density at radius 2 is 1.65 bits per heavy atom. The lowest BCUT2D eigenvalue weighted by Gasteiger charge is -2.07. The van der Waals surface area contributed by atoms with Gasteiger partial charge in [-0.05, 0) is 23.8 Å². The molecule has 2 aromatic carbocycles. The summed E-state index contributed by atoms with van der Waals surface area (Å²) in [6.07, 6.45) is 8.78. The fourth-order valence-corrected chi connectivity index (χ4v) is 2.66. The van der Waals surface area contributed by atoms with Crippen LogP contribution in [0.25, 0.3) is 27.9 Å². The first-order valence-corrected chi connectivity index (χ1v) is 7.26. The van der Waals surface area contributed by atoms with E-state index in [2.05, 4.69) is 4.98 Å². The van der Waals surface area contributed by atoms with E-state index in [4.69, 9.17) is 4.42 Å². The number of hydrogen-bond donors (Lipinski definition) is 1. The van der Waals surface area contributed by atoms with Crippen LogP contribution in [0.1, 0.15) is 0 Å². The lowest BCUT2D eigenvalue weighted by Crippen LogP contribution is -1.89. The van der Waals surface area contributed by atoms with Crippen LogP contribution in [-0.2, 0) is 0 Å². The van der Waals surface area contributed by atoms with Gasteiger partial charge in [-0.1, -0.05) is 30.3 Å². The van der Waals surface area contributed by atoms with E-state index in [1.807, 2.05) is 47.2 Å². The van der Waals surface area contributed by atoms with Crippen molar-refractivity contribution in [1.29, 1.82) is 0 Å². The average Bonchev–Trinajstić information content (AvgIpc) is 3.27. The molecule has 0 aliphatic heterocycles. The van der Waals surface area contributed by atoms with Crippen LogP contribution in [0.5, 0.6) is 5.75 Å². The molecule has 112 valence electrons. The number of benzene rings is 2. The van der Waals surface area contributed by atoms with Gasteiger partial charge in [0.15, 0.2) is 0 Å². The number of hydrogen-bond acceptors (Lipinski definition) is 3. The van der Waals surface area contributed by atoms with Gasteiger partial charge < -0.3 is 14.1 Å². The summed E-state index contributed by atoms with van der Waals surface area (Å²) in [6, 6.07) is 15.4. The Labute approximate surface area is 133 Å². The van der Waals surface area contributed by atoms with Gasteiger partial charge in [0.05, 0.1) is 18.9 Å². The summed E-state index contributed by atoms with van der Waals surface area (Å²) in [7, 11) is 0. The summed E-state index contributed by atoms with van der Waals surface area (Å²) in [6.45, 7) is 0. The number of aromatic hydroxyl groups is 1. The van der Waals surface area contributed by atoms with Gasteiger partial charge in [-0.3, -0.25) is 0 Å². The summed E-state index contributed by atoms with van der Waals surface area (Å²) in [5.74, 6) is 0.241. The highest BCUT2D eigenvalue weighted by atomic mass is 16.3. The van der Waals surface area contributed by atoms with Gasteiger partial charge in [0, 0.05) is 34.8 Å². The van der Waals surface area contributed by atoms with Crippen molar-refractivity contribution in [2.75, 3.05) is 0 Å². The van der Waals surface area contributed by atoms with Gasteiger partial charge in [-0.25, -0.2) is 4.98 Å². The quantitative estimate of drug-likeness (QED) is 0.606. The minimum Gasteiger partial charge on any atom is -0.507 e. The highest BCUT2D eigenvalue weighted by Crippen LogP contribution is 2.37. The molecule has 0 saturated carbocycles. The largest absolute Gasteiger partial charge is 0.507 e. The van der Waals surface area contributed by atoms with Crippen molar-refractivity contribution in [1.82, 2.24) is 9.55 Å². The Kier molecular flexibility index (Phi) is 3.20. The molecule has 0 aliphatic rings. The van der Waals surface area contributed by atoms with Crippen molar-refractivity contribution in [3.05, 3.63) is 79.8 Å². The van der Waals surface area contributed by atoms with Gasteiger partial charge >= 0.3 is 0 Å². The maximum Gasteiger partial charge on any atom is 0.123 e. The minimum absolute atomic E-state index is 0.241. The molecule has 4 rings (SSSR count). The molecule has 4 aromatic rings. The SMILES string of the molecule is Oc1ccccc1-c1cocc1-c1ccc(-n2ccnc2)cc1. The summed E-state index contributed by atoms with van der Waals surface area (Å²) in [5, 5.41) is 10.1. The van der Waals surface area contributed by atoms with E-state index in [-0.39, 0.29) is 5.75 Å². The molecule has 0 spiro atoms. The topological polar surface area (TPSA) is 51.2 Å². The summed E-state index contributed by atoms with van der Waals surface area (Å²) in [4.78, 5) is 4.05. The van der Waals surface area contributed by atoms with Crippen molar-refractivity contribution < 1.29 is 9.52 Å². The molecule has 0 amide bonds. The fraction of sp³-hybridized carbons (Fsp3) is 0. The molecule has 0 saturated heterocycles. The first-order chi connectivity index (χ1) is 11.3. The van der Waals surface area contributed by atoms with E-state index in [1.165, 1.54) is 0 Å². The van der Waals surface area contributed by atoms with Crippen LogP contribution >= 0.6 is 0 Å². The lowest BCUT2D eigenvalue weighted by molar-refractivity contribution is 0.477. The number of rotatable bonds is 3. The van der Waals surface area contributed by atoms with E-state index < -0.39 is 0 Å². The minimum atomic E-state index is 0.241. The zero-order valence-corrected chi connectivity index (χ0v) is 12.3. The smallest absolute Gasteiger partial charge is 0.123 e. The first kappa shape index (κ1) is 13.4. The first-order valence-electron chi connectivity index (χ1n) is 7.26. The standard InChI is InChI=1S/C19H14N2O2/c22-19-4-2-1-3-16(19)18-12-23-11-17(18)14-5-7-15(8-6-14)21-10-9-20-13-21/h1-13,22H. The molecule has 0 aliphatic carbocycles. The van der Waals surface area contributed by atoms with Crippen molar-refractivity contribution >= 4 is 0 Å². The van der Waals surface area contributed by atoms with Crippen LogP contribution < -0.4 is 0 Å². The molecule has 0 bridgehead atoms. The Hall–Kier alpha value is -3.27. The maximum atomic E-state index is 10.1. The third kappa shape index (κ3) is 2.40.